The first kappa shape index (κ1) is 15.9. The maximum absolute atomic E-state index is 12.7. The third-order valence-electron chi connectivity index (χ3n) is 5.12. The van der Waals surface area contributed by atoms with Crippen molar-refractivity contribution < 1.29 is 9.53 Å². The number of ketones is 1. The van der Waals surface area contributed by atoms with Crippen molar-refractivity contribution in [3.05, 3.63) is 65.4 Å². The lowest BCUT2D eigenvalue weighted by atomic mass is 9.92. The first-order valence-electron chi connectivity index (χ1n) is 9.12. The fourth-order valence-electron chi connectivity index (χ4n) is 3.76. The third-order valence-corrected chi connectivity index (χ3v) is 5.12. The molecule has 1 aliphatic rings. The molecule has 25 heavy (non-hydrogen) atoms. The molecule has 0 fully saturated rings. The summed E-state index contributed by atoms with van der Waals surface area (Å²) in [5.41, 5.74) is 4.65. The highest BCUT2D eigenvalue weighted by Gasteiger charge is 2.16. The summed E-state index contributed by atoms with van der Waals surface area (Å²) in [7, 11) is 0. The van der Waals surface area contributed by atoms with Crippen LogP contribution in [0.4, 0.5) is 0 Å². The number of para-hydroxylation sites is 1. The van der Waals surface area contributed by atoms with Gasteiger partial charge in [-0.05, 0) is 61.9 Å². The number of aryl methyl sites for hydroxylation is 3. The maximum Gasteiger partial charge on any atom is 0.202 e. The Morgan fingerprint density at radius 1 is 1.08 bits per heavy atom. The van der Waals surface area contributed by atoms with Gasteiger partial charge >= 0.3 is 0 Å². The van der Waals surface area contributed by atoms with Crippen LogP contribution in [0.25, 0.3) is 10.9 Å². The van der Waals surface area contributed by atoms with Crippen LogP contribution >= 0.6 is 0 Å². The van der Waals surface area contributed by atoms with Gasteiger partial charge in [0.15, 0.2) is 6.61 Å². The zero-order valence-corrected chi connectivity index (χ0v) is 14.6. The van der Waals surface area contributed by atoms with Crippen molar-refractivity contribution in [2.24, 2.45) is 0 Å². The van der Waals surface area contributed by atoms with Gasteiger partial charge in [0.1, 0.15) is 5.75 Å². The van der Waals surface area contributed by atoms with Gasteiger partial charge in [0.2, 0.25) is 5.78 Å². The monoisotopic (exact) mass is 333 g/mol. The molecule has 4 rings (SSSR count). The van der Waals surface area contributed by atoms with Gasteiger partial charge in [0, 0.05) is 29.2 Å². The van der Waals surface area contributed by atoms with E-state index in [9.17, 15) is 4.79 Å². The van der Waals surface area contributed by atoms with Crippen LogP contribution in [0.15, 0.2) is 48.7 Å². The van der Waals surface area contributed by atoms with Crippen LogP contribution in [-0.4, -0.2) is 17.0 Å². The number of carbonyl (C=O) groups excluding carboxylic acids is 1. The first-order valence-corrected chi connectivity index (χ1v) is 9.12. The van der Waals surface area contributed by atoms with E-state index in [4.69, 9.17) is 4.74 Å². The number of carbonyl (C=O) groups is 1. The second-order valence-electron chi connectivity index (χ2n) is 6.70. The quantitative estimate of drug-likeness (QED) is 0.628. The Morgan fingerprint density at radius 2 is 1.88 bits per heavy atom. The van der Waals surface area contributed by atoms with E-state index >= 15 is 0 Å². The molecule has 3 aromatic rings. The lowest BCUT2D eigenvalue weighted by Crippen LogP contribution is -2.12. The van der Waals surface area contributed by atoms with Crippen LogP contribution in [0.5, 0.6) is 5.75 Å². The van der Waals surface area contributed by atoms with Gasteiger partial charge in [-0.25, -0.2) is 0 Å². The predicted octanol–water partition coefficient (Wildman–Crippen LogP) is 4.80. The summed E-state index contributed by atoms with van der Waals surface area (Å²) >= 11 is 0. The molecule has 0 atom stereocenters. The molecule has 0 bridgehead atoms. The molecule has 128 valence electrons. The van der Waals surface area contributed by atoms with Crippen molar-refractivity contribution in [1.29, 1.82) is 0 Å². The normalized spacial score (nSPS) is 13.6. The Balaban J connectivity index is 1.53. The molecule has 1 aromatic heterocycles. The van der Waals surface area contributed by atoms with E-state index in [1.807, 2.05) is 30.5 Å². The van der Waals surface area contributed by atoms with E-state index in [0.29, 0.717) is 0 Å². The molecule has 2 aromatic carbocycles. The van der Waals surface area contributed by atoms with Gasteiger partial charge < -0.3 is 9.30 Å². The van der Waals surface area contributed by atoms with Crippen LogP contribution in [0.1, 0.15) is 41.3 Å². The average Bonchev–Trinajstić information content (AvgIpc) is 3.05. The van der Waals surface area contributed by atoms with Gasteiger partial charge in [-0.2, -0.15) is 0 Å². The Bertz CT molecular complexity index is 923. The van der Waals surface area contributed by atoms with E-state index < -0.39 is 0 Å². The SMILES string of the molecule is CCn1cc(C(=O)COc2ccc3c(c2)CCCC3)c2ccccc21. The summed E-state index contributed by atoms with van der Waals surface area (Å²) in [5.74, 6) is 0.828. The van der Waals surface area contributed by atoms with Crippen LogP contribution in [0, 0.1) is 0 Å². The average molecular weight is 333 g/mol. The molecule has 0 radical (unpaired) electrons. The highest BCUT2D eigenvalue weighted by molar-refractivity contribution is 6.08. The Kier molecular flexibility index (Phi) is 4.31. The number of fused-ring (bicyclic) bond motifs is 2. The van der Waals surface area contributed by atoms with Crippen molar-refractivity contribution >= 4 is 16.7 Å². The van der Waals surface area contributed by atoms with E-state index in [1.165, 1.54) is 24.0 Å². The summed E-state index contributed by atoms with van der Waals surface area (Å²) in [5, 5.41) is 1.00. The summed E-state index contributed by atoms with van der Waals surface area (Å²) < 4.78 is 7.93. The number of benzene rings is 2. The van der Waals surface area contributed by atoms with Gasteiger partial charge in [0.25, 0.3) is 0 Å². The lowest BCUT2D eigenvalue weighted by Gasteiger charge is -2.16. The number of ether oxygens (including phenoxy) is 1. The molecule has 3 heteroatoms. The molecule has 0 amide bonds. The molecule has 3 nitrogen and oxygen atoms in total. The predicted molar refractivity (Wildman–Crippen MR) is 101 cm³/mol. The fraction of sp³-hybridized carbons (Fsp3) is 0.318. The number of hydrogen-bond acceptors (Lipinski definition) is 2. The minimum Gasteiger partial charge on any atom is -0.485 e. The standard InChI is InChI=1S/C22H23NO2/c1-2-23-14-20(19-9-5-6-10-21(19)23)22(24)15-25-18-12-11-16-7-3-4-8-17(16)13-18/h5-6,9-14H,2-4,7-8,15H2,1H3. The van der Waals surface area contributed by atoms with Gasteiger partial charge in [0.05, 0.1) is 0 Å². The van der Waals surface area contributed by atoms with Crippen molar-refractivity contribution in [1.82, 2.24) is 4.57 Å². The lowest BCUT2D eigenvalue weighted by molar-refractivity contribution is 0.0923. The smallest absolute Gasteiger partial charge is 0.202 e. The highest BCUT2D eigenvalue weighted by Crippen LogP contribution is 2.26. The molecule has 0 aliphatic heterocycles. The van der Waals surface area contributed by atoms with E-state index in [1.54, 1.807) is 0 Å². The molecule has 1 aliphatic carbocycles. The Hall–Kier alpha value is -2.55. The Labute approximate surface area is 148 Å². The first-order chi connectivity index (χ1) is 12.3. The molecule has 0 N–H and O–H groups in total. The van der Waals surface area contributed by atoms with Gasteiger partial charge in [-0.1, -0.05) is 24.3 Å². The van der Waals surface area contributed by atoms with Gasteiger partial charge in [-0.15, -0.1) is 0 Å². The summed E-state index contributed by atoms with van der Waals surface area (Å²) in [6, 6.07) is 14.3. The Morgan fingerprint density at radius 3 is 2.72 bits per heavy atom. The molecule has 0 spiro atoms. The van der Waals surface area contributed by atoms with Crippen molar-refractivity contribution in [2.75, 3.05) is 6.61 Å². The number of rotatable bonds is 5. The largest absolute Gasteiger partial charge is 0.485 e. The second-order valence-corrected chi connectivity index (χ2v) is 6.70. The number of nitrogens with zero attached hydrogens (tertiary/aromatic N) is 1. The molecular formula is C22H23NO2. The topological polar surface area (TPSA) is 31.2 Å². The molecule has 0 saturated heterocycles. The van der Waals surface area contributed by atoms with Crippen LogP contribution in [-0.2, 0) is 19.4 Å². The minimum atomic E-state index is 0.0288. The molecule has 0 unspecified atom stereocenters. The number of hydrogen-bond donors (Lipinski definition) is 0. The van der Waals surface area contributed by atoms with Crippen LogP contribution in [0.2, 0.25) is 0 Å². The minimum absolute atomic E-state index is 0.0288. The fourth-order valence-corrected chi connectivity index (χ4v) is 3.76. The zero-order valence-electron chi connectivity index (χ0n) is 14.6. The van der Waals surface area contributed by atoms with Gasteiger partial charge in [-0.3, -0.25) is 4.79 Å². The summed E-state index contributed by atoms with van der Waals surface area (Å²) in [6.07, 6.45) is 6.73. The zero-order chi connectivity index (χ0) is 17.2. The number of Topliss-reactive ketones (excluding diaryl/α,β-unsaturated/α-hetero) is 1. The molecular weight excluding hydrogens is 310 g/mol. The van der Waals surface area contributed by atoms with E-state index in [0.717, 1.165) is 41.6 Å². The molecule has 1 heterocycles. The van der Waals surface area contributed by atoms with Crippen molar-refractivity contribution in [3.63, 3.8) is 0 Å². The van der Waals surface area contributed by atoms with Crippen molar-refractivity contribution in [2.45, 2.75) is 39.2 Å². The second kappa shape index (κ2) is 6.75. The van der Waals surface area contributed by atoms with Crippen LogP contribution in [0.3, 0.4) is 0 Å². The van der Waals surface area contributed by atoms with Crippen LogP contribution < -0.4 is 4.74 Å². The molecule has 0 saturated carbocycles. The van der Waals surface area contributed by atoms with E-state index in [2.05, 4.69) is 29.7 Å². The van der Waals surface area contributed by atoms with E-state index in [-0.39, 0.29) is 12.4 Å². The summed E-state index contributed by atoms with van der Waals surface area (Å²) in [6.45, 7) is 3.01. The summed E-state index contributed by atoms with van der Waals surface area (Å²) in [4.78, 5) is 12.7. The number of aromatic nitrogens is 1. The van der Waals surface area contributed by atoms with Crippen molar-refractivity contribution in [3.8, 4) is 5.75 Å². The third kappa shape index (κ3) is 3.07. The highest BCUT2D eigenvalue weighted by atomic mass is 16.5. The maximum atomic E-state index is 12.7.